The van der Waals surface area contributed by atoms with E-state index in [9.17, 15) is 0 Å². The van der Waals surface area contributed by atoms with E-state index in [-0.39, 0.29) is 6.04 Å². The first-order valence-electron chi connectivity index (χ1n) is 4.34. The Morgan fingerprint density at radius 2 is 2.33 bits per heavy atom. The molecule has 0 aromatic carbocycles. The minimum atomic E-state index is -0.169. The molecule has 0 saturated heterocycles. The zero-order chi connectivity index (χ0) is 11.0. The van der Waals surface area contributed by atoms with Gasteiger partial charge in [0.2, 0.25) is 0 Å². The molecule has 2 aromatic heterocycles. The molecule has 2 heterocycles. The molecule has 0 radical (unpaired) electrons. The summed E-state index contributed by atoms with van der Waals surface area (Å²) < 4.78 is 6.14. The lowest BCUT2D eigenvalue weighted by atomic mass is 10.1. The van der Waals surface area contributed by atoms with Gasteiger partial charge in [0.25, 0.3) is 0 Å². The summed E-state index contributed by atoms with van der Waals surface area (Å²) in [6.45, 7) is 1.90. The maximum atomic E-state index is 6.11. The Kier molecular flexibility index (Phi) is 3.21. The number of furan rings is 1. The molecule has 0 aliphatic heterocycles. The van der Waals surface area contributed by atoms with Crippen molar-refractivity contribution in [1.82, 2.24) is 0 Å². The minimum Gasteiger partial charge on any atom is -0.469 e. The van der Waals surface area contributed by atoms with Crippen molar-refractivity contribution in [2.75, 3.05) is 0 Å². The average Bonchev–Trinajstić information content (AvgIpc) is 2.74. The molecule has 15 heavy (non-hydrogen) atoms. The summed E-state index contributed by atoms with van der Waals surface area (Å²) in [6.07, 6.45) is 1.65. The van der Waals surface area contributed by atoms with Crippen LogP contribution in [0.5, 0.6) is 0 Å². The molecule has 2 nitrogen and oxygen atoms in total. The van der Waals surface area contributed by atoms with E-state index >= 15 is 0 Å². The first kappa shape index (κ1) is 11.2. The number of nitrogens with two attached hydrogens (primary N) is 1. The van der Waals surface area contributed by atoms with Crippen molar-refractivity contribution < 1.29 is 4.42 Å². The molecule has 0 aliphatic rings. The fourth-order valence-electron chi connectivity index (χ4n) is 1.39. The van der Waals surface area contributed by atoms with Crippen LogP contribution >= 0.6 is 38.9 Å². The Morgan fingerprint density at radius 1 is 1.60 bits per heavy atom. The largest absolute Gasteiger partial charge is 0.469 e. The molecule has 2 N–H and O–H groups in total. The molecule has 0 saturated carbocycles. The normalized spacial score (nSPS) is 13.1. The topological polar surface area (TPSA) is 39.2 Å². The molecule has 2 aromatic rings. The van der Waals surface area contributed by atoms with Crippen LogP contribution in [0.4, 0.5) is 0 Å². The fraction of sp³-hybridized carbons (Fsp3) is 0.200. The van der Waals surface area contributed by atoms with Gasteiger partial charge < -0.3 is 10.2 Å². The van der Waals surface area contributed by atoms with Gasteiger partial charge in [0.1, 0.15) is 5.76 Å². The van der Waals surface area contributed by atoms with Gasteiger partial charge in [0.05, 0.1) is 21.1 Å². The number of thiophene rings is 1. The number of aryl methyl sites for hydroxylation is 1. The predicted octanol–water partition coefficient (Wildman–Crippen LogP) is 4.11. The Morgan fingerprint density at radius 3 is 2.80 bits per heavy atom. The van der Waals surface area contributed by atoms with Gasteiger partial charge in [0.15, 0.2) is 0 Å². The van der Waals surface area contributed by atoms with Crippen LogP contribution in [0.2, 0.25) is 5.02 Å². The van der Waals surface area contributed by atoms with Crippen molar-refractivity contribution in [3.05, 3.63) is 43.4 Å². The van der Waals surface area contributed by atoms with Gasteiger partial charge in [-0.2, -0.15) is 0 Å². The smallest absolute Gasteiger partial charge is 0.105 e. The molecular weight excluding hydrogens is 298 g/mol. The van der Waals surface area contributed by atoms with E-state index < -0.39 is 0 Å². The molecule has 0 bridgehead atoms. The Hall–Kier alpha value is -0.290. The SMILES string of the molecule is Cc1occc1C(N)c1cc(Cl)c(Br)s1. The molecule has 0 amide bonds. The molecular formula is C10H9BrClNOS. The van der Waals surface area contributed by atoms with Gasteiger partial charge >= 0.3 is 0 Å². The summed E-state index contributed by atoms with van der Waals surface area (Å²) in [5.74, 6) is 0.850. The third-order valence-corrected chi connectivity index (χ3v) is 4.76. The van der Waals surface area contributed by atoms with E-state index in [4.69, 9.17) is 21.8 Å². The highest BCUT2D eigenvalue weighted by molar-refractivity contribution is 9.11. The van der Waals surface area contributed by atoms with E-state index in [0.29, 0.717) is 5.02 Å². The maximum Gasteiger partial charge on any atom is 0.105 e. The number of rotatable bonds is 2. The summed E-state index contributed by atoms with van der Waals surface area (Å²) in [6, 6.07) is 3.60. The molecule has 0 fully saturated rings. The fourth-order valence-corrected chi connectivity index (χ4v) is 3.15. The zero-order valence-corrected chi connectivity index (χ0v) is 11.1. The molecule has 80 valence electrons. The van der Waals surface area contributed by atoms with E-state index in [0.717, 1.165) is 20.0 Å². The molecule has 0 aliphatic carbocycles. The first-order chi connectivity index (χ1) is 7.09. The standard InChI is InChI=1S/C10H9BrClNOS/c1-5-6(2-3-14-5)9(13)8-4-7(12)10(11)15-8/h2-4,9H,13H2,1H3. The van der Waals surface area contributed by atoms with Gasteiger partial charge in [-0.3, -0.25) is 0 Å². The average molecular weight is 307 g/mol. The van der Waals surface area contributed by atoms with E-state index in [2.05, 4.69) is 15.9 Å². The summed E-state index contributed by atoms with van der Waals surface area (Å²) in [7, 11) is 0. The van der Waals surface area contributed by atoms with Crippen LogP contribution in [0.3, 0.4) is 0 Å². The summed E-state index contributed by atoms with van der Waals surface area (Å²) in [4.78, 5) is 1.02. The van der Waals surface area contributed by atoms with Crippen LogP contribution < -0.4 is 5.73 Å². The second kappa shape index (κ2) is 4.29. The third-order valence-electron chi connectivity index (χ3n) is 2.20. The van der Waals surface area contributed by atoms with Gasteiger partial charge in [0, 0.05) is 10.4 Å². The lowest BCUT2D eigenvalue weighted by Gasteiger charge is -2.07. The van der Waals surface area contributed by atoms with Crippen molar-refractivity contribution >= 4 is 38.9 Å². The monoisotopic (exact) mass is 305 g/mol. The van der Waals surface area contributed by atoms with Crippen molar-refractivity contribution in [2.24, 2.45) is 5.73 Å². The Bertz CT molecular complexity index is 460. The van der Waals surface area contributed by atoms with E-state index in [1.165, 1.54) is 0 Å². The van der Waals surface area contributed by atoms with E-state index in [1.807, 2.05) is 19.1 Å². The molecule has 1 atom stereocenters. The van der Waals surface area contributed by atoms with Gasteiger partial charge in [-0.1, -0.05) is 11.6 Å². The highest BCUT2D eigenvalue weighted by atomic mass is 79.9. The number of hydrogen-bond acceptors (Lipinski definition) is 3. The lowest BCUT2D eigenvalue weighted by molar-refractivity contribution is 0.528. The lowest BCUT2D eigenvalue weighted by Crippen LogP contribution is -2.10. The zero-order valence-electron chi connectivity index (χ0n) is 7.96. The number of hydrogen-bond donors (Lipinski definition) is 1. The highest BCUT2D eigenvalue weighted by Crippen LogP contribution is 2.37. The first-order valence-corrected chi connectivity index (χ1v) is 6.32. The minimum absolute atomic E-state index is 0.169. The van der Waals surface area contributed by atoms with Crippen LogP contribution in [0.1, 0.15) is 22.2 Å². The molecule has 5 heteroatoms. The molecule has 1 unspecified atom stereocenters. The summed E-state index contributed by atoms with van der Waals surface area (Å²) in [5.41, 5.74) is 7.12. The van der Waals surface area contributed by atoms with Crippen molar-refractivity contribution in [3.8, 4) is 0 Å². The van der Waals surface area contributed by atoms with Crippen LogP contribution in [0.15, 0.2) is 26.6 Å². The van der Waals surface area contributed by atoms with E-state index in [1.54, 1.807) is 17.6 Å². The second-order valence-corrected chi connectivity index (χ2v) is 5.99. The highest BCUT2D eigenvalue weighted by Gasteiger charge is 2.17. The van der Waals surface area contributed by atoms with Crippen LogP contribution in [-0.2, 0) is 0 Å². The second-order valence-electron chi connectivity index (χ2n) is 3.18. The van der Waals surface area contributed by atoms with Gasteiger partial charge in [-0.25, -0.2) is 0 Å². The Balaban J connectivity index is 2.36. The summed E-state index contributed by atoms with van der Waals surface area (Å²) in [5, 5.41) is 0.701. The quantitative estimate of drug-likeness (QED) is 0.906. The van der Waals surface area contributed by atoms with Crippen molar-refractivity contribution in [1.29, 1.82) is 0 Å². The number of halogens is 2. The molecule has 0 spiro atoms. The van der Waals surface area contributed by atoms with Crippen molar-refractivity contribution in [2.45, 2.75) is 13.0 Å². The van der Waals surface area contributed by atoms with Crippen LogP contribution in [-0.4, -0.2) is 0 Å². The van der Waals surface area contributed by atoms with Gasteiger partial charge in [-0.05, 0) is 35.0 Å². The van der Waals surface area contributed by atoms with Gasteiger partial charge in [-0.15, -0.1) is 11.3 Å². The maximum absolute atomic E-state index is 6.11. The summed E-state index contributed by atoms with van der Waals surface area (Å²) >= 11 is 10.9. The molecule has 2 rings (SSSR count). The van der Waals surface area contributed by atoms with Crippen LogP contribution in [0.25, 0.3) is 0 Å². The third kappa shape index (κ3) is 2.13. The van der Waals surface area contributed by atoms with Crippen LogP contribution in [0, 0.1) is 6.92 Å². The Labute approximate surface area is 105 Å². The predicted molar refractivity (Wildman–Crippen MR) is 66.5 cm³/mol. The van der Waals surface area contributed by atoms with Crippen molar-refractivity contribution in [3.63, 3.8) is 0 Å².